The van der Waals surface area contributed by atoms with Gasteiger partial charge in [0.15, 0.2) is 0 Å². The number of amides is 1. The maximum absolute atomic E-state index is 12.4. The number of alkyl carbamates (subject to hydrolysis) is 1. The van der Waals surface area contributed by atoms with Crippen LogP contribution in [-0.4, -0.2) is 54.7 Å². The molecule has 0 saturated heterocycles. The van der Waals surface area contributed by atoms with Gasteiger partial charge in [-0.1, -0.05) is 13.8 Å². The second-order valence-electron chi connectivity index (χ2n) is 8.86. The van der Waals surface area contributed by atoms with Crippen molar-refractivity contribution in [3.63, 3.8) is 0 Å². The van der Waals surface area contributed by atoms with Crippen LogP contribution in [0.15, 0.2) is 0 Å². The van der Waals surface area contributed by atoms with Crippen LogP contribution in [0.1, 0.15) is 53.9 Å². The van der Waals surface area contributed by atoms with E-state index in [0.29, 0.717) is 19.1 Å². The van der Waals surface area contributed by atoms with Crippen molar-refractivity contribution in [3.8, 4) is 0 Å². The summed E-state index contributed by atoms with van der Waals surface area (Å²) in [7, 11) is 1.58. The van der Waals surface area contributed by atoms with E-state index in [-0.39, 0.29) is 23.1 Å². The van der Waals surface area contributed by atoms with E-state index in [1.54, 1.807) is 7.11 Å². The molecule has 2 fully saturated rings. The number of methoxy groups -OCH3 is 1. The number of rotatable bonds is 6. The highest BCUT2D eigenvalue weighted by Crippen LogP contribution is 2.60. The summed E-state index contributed by atoms with van der Waals surface area (Å²) in [5.41, 5.74) is -0.861. The minimum Gasteiger partial charge on any atom is -0.444 e. The molecule has 0 aliphatic heterocycles. The van der Waals surface area contributed by atoms with Crippen molar-refractivity contribution in [1.82, 2.24) is 10.6 Å². The van der Waals surface area contributed by atoms with E-state index < -0.39 is 11.7 Å². The Kier molecular flexibility index (Phi) is 5.52. The summed E-state index contributed by atoms with van der Waals surface area (Å²) in [6.07, 6.45) is 2.14. The first-order chi connectivity index (χ1) is 11.0. The summed E-state index contributed by atoms with van der Waals surface area (Å²) in [6.45, 7) is 10.8. The van der Waals surface area contributed by atoms with Gasteiger partial charge in [-0.05, 0) is 51.4 Å². The monoisotopic (exact) mass is 342 g/mol. The molecule has 0 spiro atoms. The summed E-state index contributed by atoms with van der Waals surface area (Å²) in [5, 5.41) is 16.6. The third kappa shape index (κ3) is 3.70. The Hall–Kier alpha value is -0.850. The first-order valence-electron chi connectivity index (χ1n) is 8.93. The molecule has 1 amide bonds. The van der Waals surface area contributed by atoms with Crippen LogP contribution in [0.5, 0.6) is 0 Å². The smallest absolute Gasteiger partial charge is 0.408 e. The number of carbonyl (C=O) groups excluding carboxylic acids is 1. The molecule has 2 saturated carbocycles. The van der Waals surface area contributed by atoms with Crippen LogP contribution in [-0.2, 0) is 9.47 Å². The van der Waals surface area contributed by atoms with Crippen molar-refractivity contribution in [3.05, 3.63) is 0 Å². The first kappa shape index (κ1) is 19.5. The fourth-order valence-corrected chi connectivity index (χ4v) is 4.55. The molecule has 6 nitrogen and oxygen atoms in total. The van der Waals surface area contributed by atoms with Gasteiger partial charge in [0.25, 0.3) is 0 Å². The van der Waals surface area contributed by atoms with Crippen molar-refractivity contribution in [2.24, 2.45) is 11.3 Å². The van der Waals surface area contributed by atoms with Crippen molar-refractivity contribution in [1.29, 1.82) is 0 Å². The van der Waals surface area contributed by atoms with Gasteiger partial charge in [0, 0.05) is 19.7 Å². The number of carbonyl (C=O) groups is 1. The molecule has 0 aromatic heterocycles. The average Bonchev–Trinajstić information content (AvgIpc) is 2.77. The molecular weight excluding hydrogens is 308 g/mol. The maximum Gasteiger partial charge on any atom is 0.408 e. The highest BCUT2D eigenvalue weighted by Gasteiger charge is 2.65. The Bertz CT molecular complexity index is 460. The molecule has 0 radical (unpaired) electrons. The van der Waals surface area contributed by atoms with Gasteiger partial charge in [-0.3, -0.25) is 0 Å². The lowest BCUT2D eigenvalue weighted by Gasteiger charge is -2.43. The van der Waals surface area contributed by atoms with Crippen molar-refractivity contribution >= 4 is 6.09 Å². The van der Waals surface area contributed by atoms with Crippen LogP contribution < -0.4 is 10.6 Å². The van der Waals surface area contributed by atoms with Gasteiger partial charge in [-0.15, -0.1) is 0 Å². The van der Waals surface area contributed by atoms with Gasteiger partial charge in [0.05, 0.1) is 18.2 Å². The molecule has 0 aromatic carbocycles. The fraction of sp³-hybridized carbons (Fsp3) is 0.944. The number of hydrogen-bond donors (Lipinski definition) is 3. The lowest BCUT2D eigenvalue weighted by Crippen LogP contribution is -2.64. The molecule has 24 heavy (non-hydrogen) atoms. The van der Waals surface area contributed by atoms with Crippen LogP contribution in [0.25, 0.3) is 0 Å². The predicted molar refractivity (Wildman–Crippen MR) is 92.9 cm³/mol. The zero-order valence-electron chi connectivity index (χ0n) is 15.9. The predicted octanol–water partition coefficient (Wildman–Crippen LogP) is 2.06. The first-order valence-corrected chi connectivity index (χ1v) is 8.93. The number of hydrogen-bond acceptors (Lipinski definition) is 5. The summed E-state index contributed by atoms with van der Waals surface area (Å²) in [4.78, 5) is 12.4. The largest absolute Gasteiger partial charge is 0.444 e. The fourth-order valence-electron chi connectivity index (χ4n) is 4.55. The molecule has 4 atom stereocenters. The normalized spacial score (nSPS) is 32.6. The van der Waals surface area contributed by atoms with Crippen LogP contribution in [0.2, 0.25) is 0 Å². The van der Waals surface area contributed by atoms with E-state index >= 15 is 0 Å². The standard InChI is InChI=1S/C18H34N2O4/c1-16(2,3)24-15(22)20-18-8-7-12(17(18,4)5)9-14(18)19-10-13(21)11-23-6/h12-14,19,21H,7-11H2,1-6H3,(H,20,22). The van der Waals surface area contributed by atoms with Crippen molar-refractivity contribution in [2.75, 3.05) is 20.3 Å². The third-order valence-electron chi connectivity index (χ3n) is 5.86. The third-order valence-corrected chi connectivity index (χ3v) is 5.86. The van der Waals surface area contributed by atoms with Crippen LogP contribution in [0.3, 0.4) is 0 Å². The quantitative estimate of drug-likeness (QED) is 0.688. The summed E-state index contributed by atoms with van der Waals surface area (Å²) in [6, 6.07) is 0.130. The van der Waals surface area contributed by atoms with Gasteiger partial charge in [0.2, 0.25) is 0 Å². The van der Waals surface area contributed by atoms with E-state index in [1.807, 2.05) is 20.8 Å². The molecule has 3 N–H and O–H groups in total. The van der Waals surface area contributed by atoms with Gasteiger partial charge in [-0.25, -0.2) is 4.79 Å². The molecular formula is C18H34N2O4. The van der Waals surface area contributed by atoms with Crippen LogP contribution in [0, 0.1) is 11.3 Å². The van der Waals surface area contributed by atoms with Crippen LogP contribution in [0.4, 0.5) is 4.79 Å². The highest BCUT2D eigenvalue weighted by atomic mass is 16.6. The van der Waals surface area contributed by atoms with Gasteiger partial charge in [0.1, 0.15) is 5.60 Å². The topological polar surface area (TPSA) is 79.8 Å². The summed E-state index contributed by atoms with van der Waals surface area (Å²) < 4.78 is 10.5. The van der Waals surface area contributed by atoms with Gasteiger partial charge < -0.3 is 25.2 Å². The highest BCUT2D eigenvalue weighted by molar-refractivity contribution is 5.69. The molecule has 0 heterocycles. The van der Waals surface area contributed by atoms with E-state index in [9.17, 15) is 9.90 Å². The Morgan fingerprint density at radius 3 is 2.58 bits per heavy atom. The van der Waals surface area contributed by atoms with E-state index in [1.165, 1.54) is 0 Å². The average molecular weight is 342 g/mol. The van der Waals surface area contributed by atoms with Crippen molar-refractivity contribution in [2.45, 2.75) is 77.2 Å². The number of aliphatic hydroxyl groups is 1. The van der Waals surface area contributed by atoms with E-state index in [2.05, 4.69) is 24.5 Å². The second-order valence-corrected chi connectivity index (χ2v) is 8.86. The minimum atomic E-state index is -0.546. The molecule has 2 aliphatic carbocycles. The van der Waals surface area contributed by atoms with Crippen LogP contribution >= 0.6 is 0 Å². The lowest BCUT2D eigenvalue weighted by molar-refractivity contribution is 0.0320. The number of ether oxygens (including phenoxy) is 2. The molecule has 4 unspecified atom stereocenters. The number of nitrogens with one attached hydrogen (secondary N) is 2. The Labute approximate surface area is 145 Å². The Morgan fingerprint density at radius 1 is 1.38 bits per heavy atom. The zero-order chi connectivity index (χ0) is 18.2. The maximum atomic E-state index is 12.4. The lowest BCUT2D eigenvalue weighted by atomic mass is 9.74. The molecule has 2 rings (SSSR count). The number of fused-ring (bicyclic) bond motifs is 2. The number of aliphatic hydroxyl groups excluding tert-OH is 1. The Balaban J connectivity index is 2.10. The molecule has 2 aliphatic rings. The van der Waals surface area contributed by atoms with Gasteiger partial charge >= 0.3 is 6.09 Å². The Morgan fingerprint density at radius 2 is 2.04 bits per heavy atom. The zero-order valence-corrected chi connectivity index (χ0v) is 15.9. The summed E-state index contributed by atoms with van der Waals surface area (Å²) in [5.74, 6) is 0.560. The molecule has 2 bridgehead atoms. The SMILES string of the molecule is COCC(O)CNC1CC2CCC1(NC(=O)OC(C)(C)C)C2(C)C. The molecule has 140 valence electrons. The molecule has 0 aromatic rings. The van der Waals surface area contributed by atoms with E-state index in [4.69, 9.17) is 9.47 Å². The van der Waals surface area contributed by atoms with Gasteiger partial charge in [-0.2, -0.15) is 0 Å². The van der Waals surface area contributed by atoms with E-state index in [0.717, 1.165) is 19.3 Å². The minimum absolute atomic E-state index is 0.00617. The molecule has 6 heteroatoms. The second kappa shape index (κ2) is 6.81. The van der Waals surface area contributed by atoms with Crippen molar-refractivity contribution < 1.29 is 19.4 Å². The summed E-state index contributed by atoms with van der Waals surface area (Å²) >= 11 is 0.